The number of unbranched alkanes of at least 4 members (excludes halogenated alkanes) is 9. The summed E-state index contributed by atoms with van der Waals surface area (Å²) in [5.41, 5.74) is 0. The normalized spacial score (nSPS) is 15.8. The lowest BCUT2D eigenvalue weighted by Gasteiger charge is -2.20. The van der Waals surface area contributed by atoms with E-state index >= 15 is 0 Å². The van der Waals surface area contributed by atoms with E-state index in [2.05, 4.69) is 23.6 Å². The second-order valence-corrected chi connectivity index (χ2v) is 15.1. The van der Waals surface area contributed by atoms with Gasteiger partial charge < -0.3 is 34.8 Å². The first-order chi connectivity index (χ1) is 27.5. The van der Waals surface area contributed by atoms with Crippen LogP contribution in [0.25, 0.3) is 0 Å². The molecule has 0 saturated heterocycles. The minimum atomic E-state index is -4.66. The van der Waals surface area contributed by atoms with Crippen LogP contribution < -0.4 is 0 Å². The van der Waals surface area contributed by atoms with Crippen molar-refractivity contribution in [3.05, 3.63) is 85.1 Å². The van der Waals surface area contributed by atoms with Crippen molar-refractivity contribution in [3.8, 4) is 0 Å². The van der Waals surface area contributed by atoms with Gasteiger partial charge in [0.15, 0.2) is 6.10 Å². The highest BCUT2D eigenvalue weighted by molar-refractivity contribution is 7.47. The Morgan fingerprint density at radius 2 is 1.18 bits per heavy atom. The van der Waals surface area contributed by atoms with Crippen molar-refractivity contribution < 1.29 is 58.0 Å². The number of carbonyl (C=O) groups excluding carboxylic acids is 2. The zero-order valence-electron chi connectivity index (χ0n) is 34.5. The van der Waals surface area contributed by atoms with Gasteiger partial charge in [-0.25, -0.2) is 4.57 Å². The van der Waals surface area contributed by atoms with Gasteiger partial charge in [0.05, 0.1) is 32.0 Å². The highest BCUT2D eigenvalue weighted by atomic mass is 31.2. The van der Waals surface area contributed by atoms with Gasteiger partial charge in [-0.1, -0.05) is 137 Å². The van der Waals surface area contributed by atoms with E-state index < -0.39 is 70.6 Å². The molecule has 0 aromatic heterocycles. The lowest BCUT2D eigenvalue weighted by molar-refractivity contribution is -0.161. The number of rotatable bonds is 37. The Kier molecular flexibility index (Phi) is 36.6. The van der Waals surface area contributed by atoms with E-state index in [4.69, 9.17) is 19.1 Å². The second kappa shape index (κ2) is 38.6. The van der Waals surface area contributed by atoms with Crippen molar-refractivity contribution in [2.45, 2.75) is 154 Å². The Morgan fingerprint density at radius 3 is 1.81 bits per heavy atom. The predicted molar refractivity (Wildman–Crippen MR) is 226 cm³/mol. The summed E-state index contributed by atoms with van der Waals surface area (Å²) in [7, 11) is -4.66. The van der Waals surface area contributed by atoms with Gasteiger partial charge in [0, 0.05) is 12.8 Å². The largest absolute Gasteiger partial charge is 0.472 e. The number of ether oxygens (including phenoxy) is 2. The third kappa shape index (κ3) is 38.4. The van der Waals surface area contributed by atoms with Crippen LogP contribution in [0.4, 0.5) is 0 Å². The van der Waals surface area contributed by atoms with Gasteiger partial charge in [0.1, 0.15) is 12.7 Å². The van der Waals surface area contributed by atoms with Crippen LogP contribution in [0.2, 0.25) is 0 Å². The maximum Gasteiger partial charge on any atom is 0.472 e. The third-order valence-electron chi connectivity index (χ3n) is 8.21. The zero-order chi connectivity index (χ0) is 42.2. The van der Waals surface area contributed by atoms with Gasteiger partial charge in [0.2, 0.25) is 0 Å². The number of carbonyl (C=O) groups is 2. The third-order valence-corrected chi connectivity index (χ3v) is 9.16. The van der Waals surface area contributed by atoms with E-state index in [9.17, 15) is 34.4 Å². The van der Waals surface area contributed by atoms with Crippen molar-refractivity contribution in [2.24, 2.45) is 0 Å². The Hall–Kier alpha value is -2.93. The first kappa shape index (κ1) is 54.1. The van der Waals surface area contributed by atoms with Crippen LogP contribution in [0.5, 0.6) is 0 Å². The first-order valence-electron chi connectivity index (χ1n) is 20.8. The van der Waals surface area contributed by atoms with Gasteiger partial charge in [0.25, 0.3) is 0 Å². The highest BCUT2D eigenvalue weighted by Crippen LogP contribution is 2.43. The Morgan fingerprint density at radius 1 is 0.614 bits per heavy atom. The molecule has 0 rings (SSSR count). The fourth-order valence-corrected chi connectivity index (χ4v) is 5.74. The lowest BCUT2D eigenvalue weighted by Crippen LogP contribution is -2.29. The number of phosphoric ester groups is 1. The minimum Gasteiger partial charge on any atom is -0.462 e. The molecule has 0 heterocycles. The summed E-state index contributed by atoms with van der Waals surface area (Å²) >= 11 is 0. The van der Waals surface area contributed by atoms with Gasteiger partial charge in [-0.15, -0.1) is 0 Å². The quantitative estimate of drug-likeness (QED) is 0.0132. The molecule has 0 aromatic rings. The van der Waals surface area contributed by atoms with Crippen LogP contribution in [-0.2, 0) is 32.7 Å². The number of hydrogen-bond donors (Lipinski definition) is 5. The fourth-order valence-electron chi connectivity index (χ4n) is 4.95. The van der Waals surface area contributed by atoms with Crippen molar-refractivity contribution >= 4 is 19.8 Å². The van der Waals surface area contributed by atoms with Crippen LogP contribution in [0.1, 0.15) is 129 Å². The summed E-state index contributed by atoms with van der Waals surface area (Å²) in [5.74, 6) is -1.11. The molecule has 0 amide bonds. The SMILES string of the molecule is CC/C=C\C[C@@H](O)/C=C/C=C\C=C\[C@@H](O)C/C=C\C/C=C\CCC(=O)OC[C@H](COP(=O)(O)OC[C@@H](O)CO)OC(=O)CCCCCCC/C=C\CCCCCC. The number of hydrogen-bond acceptors (Lipinski definition) is 11. The van der Waals surface area contributed by atoms with Gasteiger partial charge in [-0.2, -0.15) is 0 Å². The summed E-state index contributed by atoms with van der Waals surface area (Å²) in [6.45, 7) is 1.93. The summed E-state index contributed by atoms with van der Waals surface area (Å²) < 4.78 is 32.5. The Balaban J connectivity index is 4.58. The molecule has 0 aliphatic rings. The standard InChI is InChI=1S/C44H73O12P/c1-3-5-7-8-9-10-11-12-13-14-15-20-28-34-44(50)56-42(38-55-57(51,52)54-36-41(48)35-45)37-53-43(49)33-27-19-17-16-18-24-30-40(47)32-26-22-21-25-31-39(46)29-23-6-4-2/h6,10-11,17-19,21-26,31-32,39-42,45-48H,3-5,7-9,12-16,20,27-30,33-38H2,1-2H3,(H,51,52)/b11-10-,19-17-,22-21-,23-6-,24-18-,31-25+,32-26+/t39-,40+,41+,42-/m1/s1. The molecule has 0 saturated carbocycles. The van der Waals surface area contributed by atoms with Crippen LogP contribution in [-0.4, -0.2) is 88.1 Å². The van der Waals surface area contributed by atoms with Crippen LogP contribution >= 0.6 is 7.82 Å². The molecule has 1 unspecified atom stereocenters. The number of allylic oxidation sites excluding steroid dienone is 10. The molecule has 0 aliphatic heterocycles. The summed E-state index contributed by atoms with van der Waals surface area (Å²) in [5, 5.41) is 38.2. The molecular formula is C44H73O12P. The van der Waals surface area contributed by atoms with Crippen molar-refractivity contribution in [2.75, 3.05) is 26.4 Å². The highest BCUT2D eigenvalue weighted by Gasteiger charge is 2.27. The van der Waals surface area contributed by atoms with Crippen LogP contribution in [0.3, 0.4) is 0 Å². The van der Waals surface area contributed by atoms with Gasteiger partial charge in [-0.3, -0.25) is 18.6 Å². The molecule has 5 N–H and O–H groups in total. The Bertz CT molecular complexity index is 1260. The smallest absolute Gasteiger partial charge is 0.462 e. The van der Waals surface area contributed by atoms with Crippen molar-refractivity contribution in [1.29, 1.82) is 0 Å². The summed E-state index contributed by atoms with van der Waals surface area (Å²) in [6, 6.07) is 0. The molecule has 326 valence electrons. The van der Waals surface area contributed by atoms with Gasteiger partial charge >= 0.3 is 19.8 Å². The van der Waals surface area contributed by atoms with E-state index in [-0.39, 0.29) is 12.8 Å². The van der Waals surface area contributed by atoms with Crippen LogP contribution in [0, 0.1) is 0 Å². The van der Waals surface area contributed by atoms with E-state index in [1.807, 2.05) is 43.4 Å². The van der Waals surface area contributed by atoms with E-state index in [1.165, 1.54) is 25.7 Å². The fraction of sp³-hybridized carbons (Fsp3) is 0.636. The molecule has 0 fully saturated rings. The number of aliphatic hydroxyl groups excluding tert-OH is 4. The number of aliphatic hydroxyl groups is 4. The molecule has 0 aliphatic carbocycles. The summed E-state index contributed by atoms with van der Waals surface area (Å²) in [4.78, 5) is 34.9. The predicted octanol–water partition coefficient (Wildman–Crippen LogP) is 8.61. The topological polar surface area (TPSA) is 189 Å². The minimum absolute atomic E-state index is 0.0538. The maximum absolute atomic E-state index is 12.6. The average Bonchev–Trinajstić information content (AvgIpc) is 3.19. The first-order valence-corrected chi connectivity index (χ1v) is 22.3. The molecular weight excluding hydrogens is 751 g/mol. The molecule has 0 radical (unpaired) electrons. The van der Waals surface area contributed by atoms with Crippen molar-refractivity contribution in [3.63, 3.8) is 0 Å². The molecule has 13 heteroatoms. The van der Waals surface area contributed by atoms with E-state index in [1.54, 1.807) is 36.5 Å². The maximum atomic E-state index is 12.6. The summed E-state index contributed by atoms with van der Waals surface area (Å²) in [6.07, 6.45) is 37.7. The molecule has 0 spiro atoms. The lowest BCUT2D eigenvalue weighted by atomic mass is 10.1. The zero-order valence-corrected chi connectivity index (χ0v) is 35.4. The average molecular weight is 825 g/mol. The van der Waals surface area contributed by atoms with E-state index in [0.717, 1.165) is 44.9 Å². The second-order valence-electron chi connectivity index (χ2n) is 13.7. The monoisotopic (exact) mass is 824 g/mol. The number of esters is 2. The van der Waals surface area contributed by atoms with E-state index in [0.29, 0.717) is 32.1 Å². The molecule has 0 bridgehead atoms. The molecule has 0 aromatic carbocycles. The molecule has 57 heavy (non-hydrogen) atoms. The van der Waals surface area contributed by atoms with Crippen molar-refractivity contribution in [1.82, 2.24) is 0 Å². The number of phosphoric acid groups is 1. The molecule has 5 atom stereocenters. The van der Waals surface area contributed by atoms with Gasteiger partial charge in [-0.05, 0) is 64.2 Å². The Labute approximate surface area is 342 Å². The van der Waals surface area contributed by atoms with Crippen LogP contribution in [0.15, 0.2) is 85.1 Å². The molecule has 12 nitrogen and oxygen atoms in total.